The van der Waals surface area contributed by atoms with Crippen LogP contribution in [0.15, 0.2) is 6.07 Å². The van der Waals surface area contributed by atoms with Gasteiger partial charge in [0, 0.05) is 13.1 Å². The Morgan fingerprint density at radius 3 is 2.67 bits per heavy atom. The van der Waals surface area contributed by atoms with Crippen LogP contribution >= 0.6 is 11.3 Å². The Kier molecular flexibility index (Phi) is 2.31. The molecule has 2 heterocycles. The minimum Gasteiger partial charge on any atom is -0.477 e. The van der Waals surface area contributed by atoms with Gasteiger partial charge in [0.25, 0.3) is 0 Å². The monoisotopic (exact) mass is 228 g/mol. The van der Waals surface area contributed by atoms with Crippen molar-refractivity contribution in [2.45, 2.75) is 6.42 Å². The molecule has 2 rings (SSSR count). The van der Waals surface area contributed by atoms with E-state index in [0.717, 1.165) is 19.5 Å². The van der Waals surface area contributed by atoms with Crippen molar-refractivity contribution in [3.8, 4) is 0 Å². The van der Waals surface area contributed by atoms with Gasteiger partial charge < -0.3 is 10.0 Å². The van der Waals surface area contributed by atoms with Crippen molar-refractivity contribution in [2.24, 2.45) is 0 Å². The third kappa shape index (κ3) is 1.65. The normalized spacial score (nSPS) is 14.8. The molecule has 1 fully saturated rings. The van der Waals surface area contributed by atoms with E-state index in [0.29, 0.717) is 17.0 Å². The number of hydrogen-bond donors (Lipinski definition) is 1. The molecule has 0 aliphatic carbocycles. The summed E-state index contributed by atoms with van der Waals surface area (Å²) in [6.45, 7) is 1.52. The van der Waals surface area contributed by atoms with Gasteiger partial charge in [-0.25, -0.2) is 4.79 Å². The zero-order valence-corrected chi connectivity index (χ0v) is 8.49. The van der Waals surface area contributed by atoms with Gasteiger partial charge in [0.2, 0.25) is 0 Å². The maximum atomic E-state index is 10.7. The Balaban J connectivity index is 2.41. The number of carbonyl (C=O) groups is 1. The number of carboxylic acid groups (broad SMARTS) is 1. The molecule has 0 bridgehead atoms. The first-order valence-corrected chi connectivity index (χ1v) is 5.17. The lowest BCUT2D eigenvalue weighted by molar-refractivity contribution is -0.379. The van der Waals surface area contributed by atoms with E-state index in [9.17, 15) is 14.9 Å². The van der Waals surface area contributed by atoms with Crippen LogP contribution < -0.4 is 4.90 Å². The van der Waals surface area contributed by atoms with Gasteiger partial charge in [-0.05, 0) is 12.5 Å². The summed E-state index contributed by atoms with van der Waals surface area (Å²) in [6.07, 6.45) is 0.995. The Hall–Kier alpha value is -1.63. The molecule has 1 aromatic rings. The van der Waals surface area contributed by atoms with Crippen LogP contribution in [0.25, 0.3) is 0 Å². The summed E-state index contributed by atoms with van der Waals surface area (Å²) in [5.74, 6) is -1.12. The number of rotatable bonds is 3. The molecule has 6 nitrogen and oxygen atoms in total. The van der Waals surface area contributed by atoms with Gasteiger partial charge in [0.15, 0.2) is 0 Å². The molecule has 0 amide bonds. The van der Waals surface area contributed by atoms with Crippen LogP contribution in [-0.2, 0) is 0 Å². The number of aromatic carboxylic acids is 1. The lowest BCUT2D eigenvalue weighted by Gasteiger charge is -2.31. The molecule has 1 aromatic heterocycles. The van der Waals surface area contributed by atoms with Crippen molar-refractivity contribution in [3.05, 3.63) is 21.1 Å². The van der Waals surface area contributed by atoms with Crippen LogP contribution in [-0.4, -0.2) is 29.1 Å². The molecule has 0 unspecified atom stereocenters. The second kappa shape index (κ2) is 3.50. The van der Waals surface area contributed by atoms with Crippen LogP contribution in [0.5, 0.6) is 0 Å². The minimum absolute atomic E-state index is 0.0172. The lowest BCUT2D eigenvalue weighted by atomic mass is 10.2. The highest BCUT2D eigenvalue weighted by Gasteiger charge is 2.28. The van der Waals surface area contributed by atoms with Gasteiger partial charge in [-0.3, -0.25) is 10.1 Å². The first-order valence-electron chi connectivity index (χ1n) is 4.36. The van der Waals surface area contributed by atoms with Crippen molar-refractivity contribution in [1.29, 1.82) is 0 Å². The molecule has 0 atom stereocenters. The average Bonchev–Trinajstić information content (AvgIpc) is 2.45. The zero-order valence-electron chi connectivity index (χ0n) is 7.67. The van der Waals surface area contributed by atoms with Crippen LogP contribution in [0.2, 0.25) is 0 Å². The van der Waals surface area contributed by atoms with Gasteiger partial charge in [-0.1, -0.05) is 11.3 Å². The third-order valence-electron chi connectivity index (χ3n) is 2.27. The molecule has 80 valence electrons. The van der Waals surface area contributed by atoms with E-state index in [2.05, 4.69) is 0 Å². The fourth-order valence-electron chi connectivity index (χ4n) is 1.39. The van der Waals surface area contributed by atoms with E-state index in [-0.39, 0.29) is 9.88 Å². The predicted molar refractivity (Wildman–Crippen MR) is 54.8 cm³/mol. The number of anilines is 1. The molecular formula is C8H8N2O4S. The SMILES string of the molecule is O=C(O)c1cc(N2CCC2)c([N+](=O)[O-])s1. The van der Waals surface area contributed by atoms with E-state index >= 15 is 0 Å². The predicted octanol–water partition coefficient (Wildman–Crippen LogP) is 1.56. The van der Waals surface area contributed by atoms with Crippen molar-refractivity contribution in [2.75, 3.05) is 18.0 Å². The lowest BCUT2D eigenvalue weighted by Crippen LogP contribution is -2.37. The summed E-state index contributed by atoms with van der Waals surface area (Å²) in [5.41, 5.74) is 0.439. The highest BCUT2D eigenvalue weighted by molar-refractivity contribution is 7.17. The summed E-state index contributed by atoms with van der Waals surface area (Å²) in [7, 11) is 0. The summed E-state index contributed by atoms with van der Waals surface area (Å²) in [5, 5.41) is 19.4. The van der Waals surface area contributed by atoms with Gasteiger partial charge in [0.1, 0.15) is 10.6 Å². The van der Waals surface area contributed by atoms with E-state index in [4.69, 9.17) is 5.11 Å². The van der Waals surface area contributed by atoms with Crippen LogP contribution in [0.1, 0.15) is 16.1 Å². The molecule has 0 saturated carbocycles. The van der Waals surface area contributed by atoms with E-state index in [1.165, 1.54) is 6.07 Å². The number of hydrogen-bond acceptors (Lipinski definition) is 5. The smallest absolute Gasteiger partial charge is 0.348 e. The first kappa shape index (κ1) is 9.91. The maximum absolute atomic E-state index is 10.7. The standard InChI is InChI=1S/C8H8N2O4S/c11-8(12)6-4-5(9-2-1-3-9)7(15-6)10(13)14/h4H,1-3H2,(H,11,12). The van der Waals surface area contributed by atoms with Gasteiger partial charge >= 0.3 is 11.0 Å². The highest BCUT2D eigenvalue weighted by Crippen LogP contribution is 2.39. The largest absolute Gasteiger partial charge is 0.477 e. The average molecular weight is 228 g/mol. The second-order valence-corrected chi connectivity index (χ2v) is 4.23. The Morgan fingerprint density at radius 1 is 1.60 bits per heavy atom. The number of nitrogens with zero attached hydrogens (tertiary/aromatic N) is 2. The zero-order chi connectivity index (χ0) is 11.0. The van der Waals surface area contributed by atoms with Crippen LogP contribution in [0.3, 0.4) is 0 Å². The number of thiophene rings is 1. The van der Waals surface area contributed by atoms with E-state index < -0.39 is 10.9 Å². The molecule has 0 aromatic carbocycles. The molecule has 0 spiro atoms. The number of nitro groups is 1. The first-order chi connectivity index (χ1) is 7.09. The topological polar surface area (TPSA) is 83.7 Å². The van der Waals surface area contributed by atoms with Crippen molar-refractivity contribution in [3.63, 3.8) is 0 Å². The number of carboxylic acids is 1. The molecule has 1 saturated heterocycles. The van der Waals surface area contributed by atoms with Gasteiger partial charge in [-0.15, -0.1) is 0 Å². The third-order valence-corrected chi connectivity index (χ3v) is 3.33. The fourth-order valence-corrected chi connectivity index (χ4v) is 2.22. The van der Waals surface area contributed by atoms with E-state index in [1.54, 1.807) is 0 Å². The van der Waals surface area contributed by atoms with Crippen LogP contribution in [0, 0.1) is 10.1 Å². The molecule has 1 aliphatic rings. The summed E-state index contributed by atoms with van der Waals surface area (Å²) < 4.78 is 0. The maximum Gasteiger partial charge on any atom is 0.348 e. The van der Waals surface area contributed by atoms with Crippen molar-refractivity contribution >= 4 is 28.0 Å². The molecule has 15 heavy (non-hydrogen) atoms. The highest BCUT2D eigenvalue weighted by atomic mass is 32.1. The van der Waals surface area contributed by atoms with Crippen molar-refractivity contribution < 1.29 is 14.8 Å². The Bertz CT molecular complexity index is 424. The van der Waals surface area contributed by atoms with Gasteiger partial charge in [0.05, 0.1) is 4.92 Å². The Morgan fingerprint density at radius 2 is 2.27 bits per heavy atom. The summed E-state index contributed by atoms with van der Waals surface area (Å²) in [4.78, 5) is 22.7. The van der Waals surface area contributed by atoms with Gasteiger partial charge in [-0.2, -0.15) is 0 Å². The molecule has 1 aliphatic heterocycles. The quantitative estimate of drug-likeness (QED) is 0.627. The Labute approximate surface area is 88.9 Å². The molecule has 7 heteroatoms. The molecular weight excluding hydrogens is 220 g/mol. The molecule has 1 N–H and O–H groups in total. The van der Waals surface area contributed by atoms with E-state index in [1.807, 2.05) is 4.90 Å². The van der Waals surface area contributed by atoms with Crippen molar-refractivity contribution in [1.82, 2.24) is 0 Å². The summed E-state index contributed by atoms with van der Waals surface area (Å²) >= 11 is 0.713. The fraction of sp³-hybridized carbons (Fsp3) is 0.375. The second-order valence-electron chi connectivity index (χ2n) is 3.20. The summed E-state index contributed by atoms with van der Waals surface area (Å²) in [6, 6.07) is 1.38. The van der Waals surface area contributed by atoms with Crippen LogP contribution in [0.4, 0.5) is 10.7 Å². The molecule has 0 radical (unpaired) electrons. The minimum atomic E-state index is -1.12.